The Labute approximate surface area is 181 Å². The van der Waals surface area contributed by atoms with Gasteiger partial charge in [-0.15, -0.1) is 5.10 Å². The number of hydrogen-bond acceptors (Lipinski definition) is 7. The fraction of sp³-hybridized carbons (Fsp3) is 0.0435. The number of fused-ring (bicyclic) bond motifs is 1. The Bertz CT molecular complexity index is 1490. The summed E-state index contributed by atoms with van der Waals surface area (Å²) in [5, 5.41) is 13.8. The van der Waals surface area contributed by atoms with Gasteiger partial charge in [0.1, 0.15) is 12.1 Å². The molecule has 0 aliphatic rings. The summed E-state index contributed by atoms with van der Waals surface area (Å²) < 4.78 is 15.6. The van der Waals surface area contributed by atoms with Crippen molar-refractivity contribution in [3.8, 4) is 28.6 Å². The van der Waals surface area contributed by atoms with Gasteiger partial charge in [-0.25, -0.2) is 24.3 Å². The van der Waals surface area contributed by atoms with Crippen molar-refractivity contribution in [2.45, 2.75) is 6.42 Å². The molecule has 2 N–H and O–H groups in total. The molecule has 5 rings (SSSR count). The van der Waals surface area contributed by atoms with Crippen LogP contribution in [-0.4, -0.2) is 29.5 Å². The quantitative estimate of drug-likeness (QED) is 0.471. The lowest BCUT2D eigenvalue weighted by Crippen LogP contribution is -2.06. The van der Waals surface area contributed by atoms with Crippen molar-refractivity contribution >= 4 is 11.6 Å². The van der Waals surface area contributed by atoms with Gasteiger partial charge in [0.25, 0.3) is 0 Å². The minimum Gasteiger partial charge on any atom is -0.368 e. The van der Waals surface area contributed by atoms with E-state index >= 15 is 0 Å². The second-order valence-corrected chi connectivity index (χ2v) is 7.01. The summed E-state index contributed by atoms with van der Waals surface area (Å²) >= 11 is 0. The molecule has 0 amide bonds. The van der Waals surface area contributed by atoms with Gasteiger partial charge in [0.15, 0.2) is 11.5 Å². The normalized spacial score (nSPS) is 10.9. The monoisotopic (exact) mass is 422 g/mol. The van der Waals surface area contributed by atoms with Crippen LogP contribution in [0.4, 0.5) is 10.3 Å². The molecule has 3 heterocycles. The van der Waals surface area contributed by atoms with E-state index in [9.17, 15) is 9.65 Å². The lowest BCUT2D eigenvalue weighted by molar-refractivity contribution is 0.612. The smallest absolute Gasteiger partial charge is 0.223 e. The lowest BCUT2D eigenvalue weighted by Gasteiger charge is -2.11. The molecule has 0 unspecified atom stereocenters. The number of rotatable bonds is 4. The zero-order chi connectivity index (χ0) is 22.1. The van der Waals surface area contributed by atoms with Gasteiger partial charge in [0.2, 0.25) is 5.95 Å². The van der Waals surface area contributed by atoms with Crippen LogP contribution in [0.5, 0.6) is 0 Å². The molecule has 154 valence electrons. The summed E-state index contributed by atoms with van der Waals surface area (Å²) in [6.45, 7) is 0. The predicted molar refractivity (Wildman–Crippen MR) is 116 cm³/mol. The highest BCUT2D eigenvalue weighted by molar-refractivity contribution is 5.89. The van der Waals surface area contributed by atoms with E-state index in [0.717, 1.165) is 0 Å². The minimum atomic E-state index is -0.331. The zero-order valence-electron chi connectivity index (χ0n) is 16.6. The summed E-state index contributed by atoms with van der Waals surface area (Å²) in [6.07, 6.45) is 3.23. The van der Waals surface area contributed by atoms with E-state index in [0.29, 0.717) is 45.1 Å². The minimum absolute atomic E-state index is 0.113. The van der Waals surface area contributed by atoms with E-state index in [2.05, 4.69) is 31.1 Å². The third kappa shape index (κ3) is 3.40. The highest BCUT2D eigenvalue weighted by Crippen LogP contribution is 2.34. The van der Waals surface area contributed by atoms with Gasteiger partial charge < -0.3 is 5.73 Å². The molecule has 0 atom stereocenters. The Morgan fingerprint density at radius 3 is 2.72 bits per heavy atom. The number of halogens is 1. The number of anilines is 1. The third-order valence-electron chi connectivity index (χ3n) is 4.96. The van der Waals surface area contributed by atoms with Gasteiger partial charge in [0.05, 0.1) is 28.6 Å². The molecule has 9 heteroatoms. The van der Waals surface area contributed by atoms with Crippen molar-refractivity contribution in [2.75, 3.05) is 5.73 Å². The number of nitrogens with two attached hydrogens (primary N) is 1. The highest BCUT2D eigenvalue weighted by Gasteiger charge is 2.21. The Morgan fingerprint density at radius 1 is 1.06 bits per heavy atom. The first-order valence-corrected chi connectivity index (χ1v) is 9.69. The van der Waals surface area contributed by atoms with Gasteiger partial charge in [-0.3, -0.25) is 0 Å². The Hall–Kier alpha value is -4.71. The van der Waals surface area contributed by atoms with E-state index < -0.39 is 0 Å². The largest absolute Gasteiger partial charge is 0.368 e. The topological polar surface area (TPSA) is 119 Å². The molecule has 0 bridgehead atoms. The number of benzene rings is 2. The molecule has 5 aromatic rings. The van der Waals surface area contributed by atoms with Crippen LogP contribution in [0, 0.1) is 17.1 Å². The molecule has 0 saturated carbocycles. The molecule has 0 aliphatic carbocycles. The predicted octanol–water partition coefficient (Wildman–Crippen LogP) is 3.43. The first kappa shape index (κ1) is 19.3. The highest BCUT2D eigenvalue weighted by atomic mass is 19.1. The Kier molecular flexibility index (Phi) is 4.72. The summed E-state index contributed by atoms with van der Waals surface area (Å²) in [5.74, 6) is 0.173. The second-order valence-electron chi connectivity index (χ2n) is 7.01. The molecule has 0 spiro atoms. The van der Waals surface area contributed by atoms with Crippen LogP contribution >= 0.6 is 0 Å². The van der Waals surface area contributed by atoms with Crippen molar-refractivity contribution in [3.05, 3.63) is 89.9 Å². The van der Waals surface area contributed by atoms with E-state index in [1.807, 2.05) is 6.07 Å². The molecule has 0 saturated heterocycles. The fourth-order valence-corrected chi connectivity index (χ4v) is 3.51. The Morgan fingerprint density at radius 2 is 1.94 bits per heavy atom. The summed E-state index contributed by atoms with van der Waals surface area (Å²) in [4.78, 5) is 17.6. The Balaban J connectivity index is 1.76. The van der Waals surface area contributed by atoms with Crippen LogP contribution in [0.15, 0.2) is 67.1 Å². The standard InChI is InChI=1S/C23H15FN8/c24-17-7-2-1-5-15(17)11-19-29-22-20(18-8-9-27-13-28-18)21(30-23(26)32(22)31-19)16-6-3-4-14(10-16)12-25/h1-10,13H,11H2,(H2,26,30). The van der Waals surface area contributed by atoms with Crippen LogP contribution in [-0.2, 0) is 6.42 Å². The molecule has 32 heavy (non-hydrogen) atoms. The SMILES string of the molecule is N#Cc1cccc(-c2nc(N)n3nc(Cc4ccccc4F)nc3c2-c2ccncn2)c1. The van der Waals surface area contributed by atoms with Gasteiger partial charge in [-0.1, -0.05) is 30.3 Å². The maximum Gasteiger partial charge on any atom is 0.223 e. The van der Waals surface area contributed by atoms with Gasteiger partial charge in [0, 0.05) is 18.2 Å². The summed E-state index contributed by atoms with van der Waals surface area (Å²) in [6, 6.07) is 17.4. The maximum absolute atomic E-state index is 14.2. The van der Waals surface area contributed by atoms with Crippen LogP contribution in [0.3, 0.4) is 0 Å². The van der Waals surface area contributed by atoms with Crippen molar-refractivity contribution in [3.63, 3.8) is 0 Å². The van der Waals surface area contributed by atoms with Crippen LogP contribution in [0.2, 0.25) is 0 Å². The first-order valence-electron chi connectivity index (χ1n) is 9.69. The van der Waals surface area contributed by atoms with E-state index in [4.69, 9.17) is 5.73 Å². The van der Waals surface area contributed by atoms with E-state index in [1.165, 1.54) is 16.9 Å². The molecule has 8 nitrogen and oxygen atoms in total. The van der Waals surface area contributed by atoms with Crippen molar-refractivity contribution in [1.82, 2.24) is 29.5 Å². The van der Waals surface area contributed by atoms with Gasteiger partial charge in [-0.2, -0.15) is 9.78 Å². The molecule has 0 radical (unpaired) electrons. The van der Waals surface area contributed by atoms with Crippen LogP contribution in [0.1, 0.15) is 17.0 Å². The number of nitrogen functional groups attached to an aromatic ring is 1. The maximum atomic E-state index is 14.2. The van der Waals surface area contributed by atoms with Crippen molar-refractivity contribution in [2.24, 2.45) is 0 Å². The van der Waals surface area contributed by atoms with Gasteiger partial charge >= 0.3 is 0 Å². The molecule has 2 aromatic carbocycles. The molecule has 3 aromatic heterocycles. The summed E-state index contributed by atoms with van der Waals surface area (Å²) in [7, 11) is 0. The number of nitrogens with zero attached hydrogens (tertiary/aromatic N) is 7. The zero-order valence-corrected chi connectivity index (χ0v) is 16.6. The molecule has 0 fully saturated rings. The average Bonchev–Trinajstić information content (AvgIpc) is 3.25. The molecular weight excluding hydrogens is 407 g/mol. The third-order valence-corrected chi connectivity index (χ3v) is 4.96. The summed E-state index contributed by atoms with van der Waals surface area (Å²) in [5.41, 5.74) is 9.97. The van der Waals surface area contributed by atoms with E-state index in [-0.39, 0.29) is 18.2 Å². The first-order chi connectivity index (χ1) is 15.6. The lowest BCUT2D eigenvalue weighted by atomic mass is 10.0. The number of hydrogen-bond donors (Lipinski definition) is 1. The molecular formula is C23H15FN8. The van der Waals surface area contributed by atoms with Crippen LogP contribution in [0.25, 0.3) is 28.2 Å². The fourth-order valence-electron chi connectivity index (χ4n) is 3.51. The number of aromatic nitrogens is 6. The number of nitriles is 1. The van der Waals surface area contributed by atoms with Crippen LogP contribution < -0.4 is 5.73 Å². The average molecular weight is 422 g/mol. The molecule has 0 aliphatic heterocycles. The van der Waals surface area contributed by atoms with Crippen molar-refractivity contribution < 1.29 is 4.39 Å². The van der Waals surface area contributed by atoms with Gasteiger partial charge in [-0.05, 0) is 29.8 Å². The van der Waals surface area contributed by atoms with E-state index in [1.54, 1.807) is 48.7 Å². The van der Waals surface area contributed by atoms with Crippen molar-refractivity contribution in [1.29, 1.82) is 5.26 Å². The second kappa shape index (κ2) is 7.85.